The minimum atomic E-state index is 0. The lowest BCUT2D eigenvalue weighted by Crippen LogP contribution is -2.38. The molecule has 1 aromatic carbocycles. The first-order chi connectivity index (χ1) is 9.81. The molecule has 3 nitrogen and oxygen atoms in total. The number of benzene rings is 1. The summed E-state index contributed by atoms with van der Waals surface area (Å²) in [6, 6.07) is 10.2. The van der Waals surface area contributed by atoms with Crippen molar-refractivity contribution in [2.75, 3.05) is 13.1 Å². The van der Waals surface area contributed by atoms with Crippen LogP contribution in [0.2, 0.25) is 0 Å². The predicted molar refractivity (Wildman–Crippen MR) is 89.4 cm³/mol. The summed E-state index contributed by atoms with van der Waals surface area (Å²) >= 11 is 0. The molecule has 4 heteroatoms. The second-order valence-electron chi connectivity index (χ2n) is 5.72. The predicted octanol–water partition coefficient (Wildman–Crippen LogP) is 3.37. The van der Waals surface area contributed by atoms with Gasteiger partial charge >= 0.3 is 0 Å². The maximum atomic E-state index is 12.7. The maximum Gasteiger partial charge on any atom is 0.226 e. The molecular weight excluding hydrogens is 284 g/mol. The van der Waals surface area contributed by atoms with Crippen LogP contribution in [0.4, 0.5) is 0 Å². The van der Waals surface area contributed by atoms with Gasteiger partial charge in [-0.1, -0.05) is 56.0 Å². The van der Waals surface area contributed by atoms with Gasteiger partial charge in [-0.2, -0.15) is 0 Å². The highest BCUT2D eigenvalue weighted by Crippen LogP contribution is 2.25. The smallest absolute Gasteiger partial charge is 0.226 e. The van der Waals surface area contributed by atoms with E-state index in [0.717, 1.165) is 12.8 Å². The van der Waals surface area contributed by atoms with E-state index in [0.29, 0.717) is 25.5 Å². The molecule has 1 fully saturated rings. The first-order valence-electron chi connectivity index (χ1n) is 7.84. The number of halogens is 1. The summed E-state index contributed by atoms with van der Waals surface area (Å²) in [6.45, 7) is 1.88. The molecule has 1 saturated carbocycles. The molecule has 1 aliphatic rings. The number of hydrogen-bond acceptors (Lipinski definition) is 2. The Kier molecular flexibility index (Phi) is 8.40. The van der Waals surface area contributed by atoms with E-state index < -0.39 is 0 Å². The Hall–Kier alpha value is -1.06. The normalized spacial score (nSPS) is 15.9. The highest BCUT2D eigenvalue weighted by molar-refractivity contribution is 5.85. The third-order valence-electron chi connectivity index (χ3n) is 4.13. The average molecular weight is 311 g/mol. The zero-order valence-electron chi connectivity index (χ0n) is 12.7. The van der Waals surface area contributed by atoms with Crippen molar-refractivity contribution in [3.8, 4) is 0 Å². The van der Waals surface area contributed by atoms with E-state index in [1.54, 1.807) is 0 Å². The van der Waals surface area contributed by atoms with Crippen molar-refractivity contribution in [3.05, 3.63) is 35.9 Å². The number of carbonyl (C=O) groups excluding carboxylic acids is 1. The van der Waals surface area contributed by atoms with E-state index in [1.807, 2.05) is 23.1 Å². The van der Waals surface area contributed by atoms with Crippen LogP contribution in [0.15, 0.2) is 30.3 Å². The van der Waals surface area contributed by atoms with E-state index >= 15 is 0 Å². The van der Waals surface area contributed by atoms with Crippen molar-refractivity contribution in [3.63, 3.8) is 0 Å². The largest absolute Gasteiger partial charge is 0.337 e. The molecule has 0 radical (unpaired) electrons. The van der Waals surface area contributed by atoms with E-state index in [4.69, 9.17) is 5.73 Å². The molecule has 0 heterocycles. The average Bonchev–Trinajstić information content (AvgIpc) is 2.76. The molecule has 1 amide bonds. The fraction of sp³-hybridized carbons (Fsp3) is 0.588. The van der Waals surface area contributed by atoms with Crippen molar-refractivity contribution in [2.45, 2.75) is 45.1 Å². The Balaban J connectivity index is 0.00000220. The number of carbonyl (C=O) groups is 1. The number of nitrogens with zero attached hydrogens (tertiary/aromatic N) is 1. The molecule has 21 heavy (non-hydrogen) atoms. The molecule has 0 saturated heterocycles. The van der Waals surface area contributed by atoms with Crippen molar-refractivity contribution in [1.82, 2.24) is 4.90 Å². The summed E-state index contributed by atoms with van der Waals surface area (Å²) in [5, 5.41) is 0. The van der Waals surface area contributed by atoms with Crippen molar-refractivity contribution in [2.24, 2.45) is 11.7 Å². The SMILES string of the molecule is Cl.NCCN(Cc1ccccc1)C(=O)C1CCCCCC1. The highest BCUT2D eigenvalue weighted by atomic mass is 35.5. The molecule has 0 spiro atoms. The maximum absolute atomic E-state index is 12.7. The Morgan fingerprint density at radius 1 is 1.10 bits per heavy atom. The van der Waals surface area contributed by atoms with Gasteiger partial charge in [0.15, 0.2) is 0 Å². The van der Waals surface area contributed by atoms with Crippen LogP contribution >= 0.6 is 12.4 Å². The zero-order chi connectivity index (χ0) is 14.2. The van der Waals surface area contributed by atoms with Gasteiger partial charge in [0, 0.05) is 25.6 Å². The van der Waals surface area contributed by atoms with Crippen molar-refractivity contribution < 1.29 is 4.79 Å². The summed E-state index contributed by atoms with van der Waals surface area (Å²) in [6.07, 6.45) is 7.04. The first-order valence-corrected chi connectivity index (χ1v) is 7.84. The quantitative estimate of drug-likeness (QED) is 0.848. The molecule has 0 aliphatic heterocycles. The van der Waals surface area contributed by atoms with Gasteiger partial charge in [-0.15, -0.1) is 12.4 Å². The Morgan fingerprint density at radius 3 is 2.29 bits per heavy atom. The molecule has 118 valence electrons. The lowest BCUT2D eigenvalue weighted by Gasteiger charge is -2.26. The lowest BCUT2D eigenvalue weighted by molar-refractivity contribution is -0.136. The fourth-order valence-corrected chi connectivity index (χ4v) is 3.01. The van der Waals surface area contributed by atoms with Gasteiger partial charge in [0.05, 0.1) is 0 Å². The molecule has 1 aromatic rings. The van der Waals surface area contributed by atoms with Crippen LogP contribution in [0.5, 0.6) is 0 Å². The highest BCUT2D eigenvalue weighted by Gasteiger charge is 2.24. The lowest BCUT2D eigenvalue weighted by atomic mass is 9.98. The first kappa shape index (κ1) is 18.0. The Morgan fingerprint density at radius 2 is 1.71 bits per heavy atom. The van der Waals surface area contributed by atoms with Gasteiger partial charge in [-0.25, -0.2) is 0 Å². The van der Waals surface area contributed by atoms with E-state index in [2.05, 4.69) is 12.1 Å². The summed E-state index contributed by atoms with van der Waals surface area (Å²) in [4.78, 5) is 14.7. The van der Waals surface area contributed by atoms with Crippen LogP contribution in [-0.4, -0.2) is 23.9 Å². The molecule has 0 atom stereocenters. The molecule has 0 bridgehead atoms. The van der Waals surface area contributed by atoms with Gasteiger partial charge in [0.1, 0.15) is 0 Å². The van der Waals surface area contributed by atoms with Gasteiger partial charge in [-0.05, 0) is 18.4 Å². The van der Waals surface area contributed by atoms with Gasteiger partial charge in [-0.3, -0.25) is 4.79 Å². The molecule has 0 unspecified atom stereocenters. The third-order valence-corrected chi connectivity index (χ3v) is 4.13. The van der Waals surface area contributed by atoms with E-state index in [-0.39, 0.29) is 18.3 Å². The second-order valence-corrected chi connectivity index (χ2v) is 5.72. The number of nitrogens with two attached hydrogens (primary N) is 1. The van der Waals surface area contributed by atoms with E-state index in [1.165, 1.54) is 31.2 Å². The number of hydrogen-bond donors (Lipinski definition) is 1. The summed E-state index contributed by atoms with van der Waals surface area (Å²) in [5.41, 5.74) is 6.87. The van der Waals surface area contributed by atoms with Crippen LogP contribution in [-0.2, 0) is 11.3 Å². The van der Waals surface area contributed by atoms with Crippen molar-refractivity contribution in [1.29, 1.82) is 0 Å². The van der Waals surface area contributed by atoms with Crippen LogP contribution in [0.3, 0.4) is 0 Å². The van der Waals surface area contributed by atoms with Crippen LogP contribution < -0.4 is 5.73 Å². The number of amides is 1. The molecular formula is C17H27ClN2O. The Bertz CT molecular complexity index is 403. The standard InChI is InChI=1S/C17H26N2O.ClH/c18-12-13-19(14-15-8-4-3-5-9-15)17(20)16-10-6-1-2-7-11-16;/h3-5,8-9,16H,1-2,6-7,10-14,18H2;1H. The molecule has 0 aromatic heterocycles. The van der Waals surface area contributed by atoms with Crippen LogP contribution in [0.25, 0.3) is 0 Å². The molecule has 2 N–H and O–H groups in total. The summed E-state index contributed by atoms with van der Waals surface area (Å²) in [5.74, 6) is 0.522. The van der Waals surface area contributed by atoms with Crippen LogP contribution in [0.1, 0.15) is 44.1 Å². The number of rotatable bonds is 5. The molecule has 1 aliphatic carbocycles. The van der Waals surface area contributed by atoms with Crippen molar-refractivity contribution >= 4 is 18.3 Å². The molecule has 2 rings (SSSR count). The Labute approximate surface area is 134 Å². The summed E-state index contributed by atoms with van der Waals surface area (Å²) < 4.78 is 0. The minimum absolute atomic E-state index is 0. The zero-order valence-corrected chi connectivity index (χ0v) is 13.5. The topological polar surface area (TPSA) is 46.3 Å². The van der Waals surface area contributed by atoms with Gasteiger partial charge in [0.2, 0.25) is 5.91 Å². The second kappa shape index (κ2) is 9.80. The van der Waals surface area contributed by atoms with Crippen LogP contribution in [0, 0.1) is 5.92 Å². The van der Waals surface area contributed by atoms with Gasteiger partial charge in [0.25, 0.3) is 0 Å². The monoisotopic (exact) mass is 310 g/mol. The van der Waals surface area contributed by atoms with E-state index in [9.17, 15) is 4.79 Å². The van der Waals surface area contributed by atoms with Gasteiger partial charge < -0.3 is 10.6 Å². The summed E-state index contributed by atoms with van der Waals surface area (Å²) in [7, 11) is 0. The third kappa shape index (κ3) is 5.68. The minimum Gasteiger partial charge on any atom is -0.337 e. The fourth-order valence-electron chi connectivity index (χ4n) is 3.01.